The number of unbranched alkanes of at least 4 members (excludes halogenated alkanes) is 1. The van der Waals surface area contributed by atoms with Crippen molar-refractivity contribution >= 4 is 5.69 Å². The summed E-state index contributed by atoms with van der Waals surface area (Å²) in [5.74, 6) is 0.162. The fourth-order valence-electron chi connectivity index (χ4n) is 1.52. The van der Waals surface area contributed by atoms with Crippen molar-refractivity contribution in [3.05, 3.63) is 23.8 Å². The van der Waals surface area contributed by atoms with Gasteiger partial charge >= 0.3 is 0 Å². The number of hydrogen-bond donors (Lipinski definition) is 2. The number of phenolic OH excluding ortho intramolecular Hbond substituents is 1. The zero-order chi connectivity index (χ0) is 11.3. The van der Waals surface area contributed by atoms with Gasteiger partial charge in [0.2, 0.25) is 0 Å². The van der Waals surface area contributed by atoms with Crippen LogP contribution in [0.2, 0.25) is 0 Å². The van der Waals surface area contributed by atoms with Gasteiger partial charge in [-0.2, -0.15) is 0 Å². The SMILES string of the molecule is CCCCN(C)Cc1ccc(O)c(N)c1. The number of nitrogen functional groups attached to an aromatic ring is 1. The van der Waals surface area contributed by atoms with E-state index in [1.165, 1.54) is 12.8 Å². The molecule has 0 aliphatic rings. The first-order chi connectivity index (χ1) is 7.13. The molecule has 0 atom stereocenters. The van der Waals surface area contributed by atoms with Crippen LogP contribution in [0.4, 0.5) is 5.69 Å². The number of benzene rings is 1. The van der Waals surface area contributed by atoms with Crippen molar-refractivity contribution in [3.63, 3.8) is 0 Å². The van der Waals surface area contributed by atoms with Crippen LogP contribution in [0.3, 0.4) is 0 Å². The Balaban J connectivity index is 2.53. The Morgan fingerprint density at radius 2 is 2.13 bits per heavy atom. The van der Waals surface area contributed by atoms with Crippen molar-refractivity contribution in [3.8, 4) is 5.75 Å². The lowest BCUT2D eigenvalue weighted by atomic mass is 10.1. The smallest absolute Gasteiger partial charge is 0.138 e. The van der Waals surface area contributed by atoms with Crippen LogP contribution in [0, 0.1) is 0 Å². The Labute approximate surface area is 91.5 Å². The quantitative estimate of drug-likeness (QED) is 0.576. The summed E-state index contributed by atoms with van der Waals surface area (Å²) in [4.78, 5) is 2.26. The number of nitrogens with zero attached hydrogens (tertiary/aromatic N) is 1. The first-order valence-electron chi connectivity index (χ1n) is 5.39. The predicted octanol–water partition coefficient (Wildman–Crippen LogP) is 2.21. The largest absolute Gasteiger partial charge is 0.506 e. The van der Waals surface area contributed by atoms with Crippen LogP contribution < -0.4 is 5.73 Å². The Kier molecular flexibility index (Phi) is 4.43. The predicted molar refractivity (Wildman–Crippen MR) is 63.8 cm³/mol. The van der Waals surface area contributed by atoms with Crippen LogP contribution in [0.1, 0.15) is 25.3 Å². The number of nitrogens with two attached hydrogens (primary N) is 1. The van der Waals surface area contributed by atoms with Crippen molar-refractivity contribution in [2.45, 2.75) is 26.3 Å². The van der Waals surface area contributed by atoms with E-state index in [0.717, 1.165) is 18.7 Å². The molecule has 0 radical (unpaired) electrons. The lowest BCUT2D eigenvalue weighted by Gasteiger charge is -2.16. The first kappa shape index (κ1) is 11.9. The summed E-state index contributed by atoms with van der Waals surface area (Å²) in [5.41, 5.74) is 7.23. The Hall–Kier alpha value is -1.22. The van der Waals surface area contributed by atoms with E-state index >= 15 is 0 Å². The highest BCUT2D eigenvalue weighted by atomic mass is 16.3. The van der Waals surface area contributed by atoms with E-state index in [4.69, 9.17) is 5.73 Å². The number of rotatable bonds is 5. The molecular formula is C12H20N2O. The van der Waals surface area contributed by atoms with Crippen LogP contribution in [0.25, 0.3) is 0 Å². The van der Waals surface area contributed by atoms with Gasteiger partial charge < -0.3 is 15.7 Å². The van der Waals surface area contributed by atoms with Crippen molar-refractivity contribution in [2.24, 2.45) is 0 Å². The van der Waals surface area contributed by atoms with Crippen LogP contribution in [-0.4, -0.2) is 23.6 Å². The molecule has 1 aromatic carbocycles. The summed E-state index contributed by atoms with van der Waals surface area (Å²) in [6.07, 6.45) is 2.42. The molecular weight excluding hydrogens is 188 g/mol. The molecule has 0 spiro atoms. The van der Waals surface area contributed by atoms with Crippen molar-refractivity contribution in [1.82, 2.24) is 4.90 Å². The van der Waals surface area contributed by atoms with E-state index in [0.29, 0.717) is 5.69 Å². The molecule has 0 amide bonds. The van der Waals surface area contributed by atoms with Gasteiger partial charge in [0, 0.05) is 6.54 Å². The van der Waals surface area contributed by atoms with Gasteiger partial charge in [0.05, 0.1) is 5.69 Å². The molecule has 3 heteroatoms. The average Bonchev–Trinajstić information content (AvgIpc) is 2.20. The summed E-state index contributed by atoms with van der Waals surface area (Å²) in [5, 5.41) is 9.28. The maximum Gasteiger partial charge on any atom is 0.138 e. The fourth-order valence-corrected chi connectivity index (χ4v) is 1.52. The third-order valence-electron chi connectivity index (χ3n) is 2.44. The average molecular weight is 208 g/mol. The molecule has 0 heterocycles. The van der Waals surface area contributed by atoms with Crippen molar-refractivity contribution in [2.75, 3.05) is 19.3 Å². The molecule has 0 aliphatic heterocycles. The maximum atomic E-state index is 9.28. The van der Waals surface area contributed by atoms with E-state index in [-0.39, 0.29) is 5.75 Å². The molecule has 3 nitrogen and oxygen atoms in total. The Morgan fingerprint density at radius 1 is 1.40 bits per heavy atom. The van der Waals surface area contributed by atoms with Crippen LogP contribution in [0.15, 0.2) is 18.2 Å². The van der Waals surface area contributed by atoms with E-state index in [1.54, 1.807) is 6.07 Å². The van der Waals surface area contributed by atoms with Crippen LogP contribution in [-0.2, 0) is 6.54 Å². The highest BCUT2D eigenvalue weighted by molar-refractivity contribution is 5.53. The standard InChI is InChI=1S/C12H20N2O/c1-3-4-7-14(2)9-10-5-6-12(15)11(13)8-10/h5-6,8,15H,3-4,7,9,13H2,1-2H3. The van der Waals surface area contributed by atoms with Gasteiger partial charge in [0.25, 0.3) is 0 Å². The molecule has 84 valence electrons. The molecule has 3 N–H and O–H groups in total. The summed E-state index contributed by atoms with van der Waals surface area (Å²) in [6.45, 7) is 4.16. The second-order valence-corrected chi connectivity index (χ2v) is 3.98. The van der Waals surface area contributed by atoms with Gasteiger partial charge in [0.15, 0.2) is 0 Å². The molecule has 0 aromatic heterocycles. The summed E-state index contributed by atoms with van der Waals surface area (Å²) in [6, 6.07) is 5.39. The maximum absolute atomic E-state index is 9.28. The molecule has 1 rings (SSSR count). The third-order valence-corrected chi connectivity index (χ3v) is 2.44. The fraction of sp³-hybridized carbons (Fsp3) is 0.500. The minimum atomic E-state index is 0.162. The number of phenols is 1. The lowest BCUT2D eigenvalue weighted by molar-refractivity contribution is 0.321. The van der Waals surface area contributed by atoms with E-state index < -0.39 is 0 Å². The van der Waals surface area contributed by atoms with Gasteiger partial charge in [-0.3, -0.25) is 0 Å². The first-order valence-corrected chi connectivity index (χ1v) is 5.39. The molecule has 0 saturated carbocycles. The van der Waals surface area contributed by atoms with Gasteiger partial charge in [-0.25, -0.2) is 0 Å². The summed E-state index contributed by atoms with van der Waals surface area (Å²) >= 11 is 0. The van der Waals surface area contributed by atoms with Crippen LogP contribution in [0.5, 0.6) is 5.75 Å². The monoisotopic (exact) mass is 208 g/mol. The van der Waals surface area contributed by atoms with E-state index in [1.807, 2.05) is 12.1 Å². The van der Waals surface area contributed by atoms with Crippen molar-refractivity contribution in [1.29, 1.82) is 0 Å². The summed E-state index contributed by atoms with van der Waals surface area (Å²) < 4.78 is 0. The van der Waals surface area contributed by atoms with Crippen LogP contribution >= 0.6 is 0 Å². The molecule has 0 saturated heterocycles. The number of hydrogen-bond acceptors (Lipinski definition) is 3. The highest BCUT2D eigenvalue weighted by Gasteiger charge is 2.02. The van der Waals surface area contributed by atoms with Gasteiger partial charge in [-0.05, 0) is 37.7 Å². The van der Waals surface area contributed by atoms with Crippen molar-refractivity contribution < 1.29 is 5.11 Å². The molecule has 0 unspecified atom stereocenters. The third kappa shape index (κ3) is 3.80. The normalized spacial score (nSPS) is 10.9. The second kappa shape index (κ2) is 5.61. The van der Waals surface area contributed by atoms with E-state index in [9.17, 15) is 5.11 Å². The molecule has 1 aromatic rings. The molecule has 0 fully saturated rings. The van der Waals surface area contributed by atoms with Gasteiger partial charge in [0.1, 0.15) is 5.75 Å². The minimum absolute atomic E-state index is 0.162. The summed E-state index contributed by atoms with van der Waals surface area (Å²) in [7, 11) is 2.10. The molecule has 15 heavy (non-hydrogen) atoms. The lowest BCUT2D eigenvalue weighted by Crippen LogP contribution is -2.18. The zero-order valence-electron chi connectivity index (χ0n) is 9.53. The van der Waals surface area contributed by atoms with E-state index in [2.05, 4.69) is 18.9 Å². The van der Waals surface area contributed by atoms with Gasteiger partial charge in [-0.1, -0.05) is 19.4 Å². The second-order valence-electron chi connectivity index (χ2n) is 3.98. The number of anilines is 1. The molecule has 0 aliphatic carbocycles. The van der Waals surface area contributed by atoms with Gasteiger partial charge in [-0.15, -0.1) is 0 Å². The Morgan fingerprint density at radius 3 is 2.73 bits per heavy atom. The minimum Gasteiger partial charge on any atom is -0.506 e. The molecule has 0 bridgehead atoms. The highest BCUT2D eigenvalue weighted by Crippen LogP contribution is 2.20. The topological polar surface area (TPSA) is 49.5 Å². The Bertz CT molecular complexity index is 312. The zero-order valence-corrected chi connectivity index (χ0v) is 9.53. The number of aromatic hydroxyl groups is 1.